The smallest absolute Gasteiger partial charge is 0.131 e. The summed E-state index contributed by atoms with van der Waals surface area (Å²) >= 11 is 0. The van der Waals surface area contributed by atoms with Gasteiger partial charge in [0.25, 0.3) is 0 Å². The zero-order chi connectivity index (χ0) is 20.4. The lowest BCUT2D eigenvalue weighted by atomic mass is 9.89. The van der Waals surface area contributed by atoms with E-state index in [1.54, 1.807) is 43.8 Å². The molecule has 1 saturated heterocycles. The van der Waals surface area contributed by atoms with Crippen LogP contribution in [0.3, 0.4) is 0 Å². The average Bonchev–Trinajstić information content (AvgIpc) is 3.26. The van der Waals surface area contributed by atoms with Crippen molar-refractivity contribution in [3.63, 3.8) is 0 Å². The summed E-state index contributed by atoms with van der Waals surface area (Å²) in [6.07, 6.45) is -0.791. The number of nitrogens with zero attached hydrogens (tertiary/aromatic N) is 4. The highest BCUT2D eigenvalue weighted by atomic mass is 16.5. The lowest BCUT2D eigenvalue weighted by molar-refractivity contribution is -0.208. The number of hydrogen-bond acceptors (Lipinski definition) is 8. The molecule has 0 amide bonds. The Bertz CT molecular complexity index is 934. The van der Waals surface area contributed by atoms with Crippen molar-refractivity contribution < 1.29 is 24.8 Å². The monoisotopic (exact) mass is 398 g/mol. The summed E-state index contributed by atoms with van der Waals surface area (Å²) in [7, 11) is 1.57. The first-order valence-corrected chi connectivity index (χ1v) is 9.22. The number of methoxy groups -OCH3 is 1. The van der Waals surface area contributed by atoms with Crippen molar-refractivity contribution >= 4 is 0 Å². The van der Waals surface area contributed by atoms with Crippen LogP contribution in [0.15, 0.2) is 54.9 Å². The quantitative estimate of drug-likeness (QED) is 0.575. The SMILES string of the molecule is COc1ccc([C@@H]2O[C@H](CO)[C@H](O)[C@H](O)[C@H]2n2cc(-c3ccccn3)nn2)cc1. The van der Waals surface area contributed by atoms with Gasteiger partial charge in [-0.3, -0.25) is 4.98 Å². The van der Waals surface area contributed by atoms with Gasteiger partial charge in [0, 0.05) is 6.20 Å². The Hall–Kier alpha value is -2.85. The van der Waals surface area contributed by atoms with Gasteiger partial charge in [-0.05, 0) is 29.8 Å². The molecule has 9 nitrogen and oxygen atoms in total. The number of pyridine rings is 1. The summed E-state index contributed by atoms with van der Waals surface area (Å²) in [6.45, 7) is -0.422. The lowest BCUT2D eigenvalue weighted by Gasteiger charge is -2.42. The molecule has 0 spiro atoms. The molecule has 1 aliphatic heterocycles. The van der Waals surface area contributed by atoms with E-state index >= 15 is 0 Å². The van der Waals surface area contributed by atoms with Crippen molar-refractivity contribution in [3.05, 3.63) is 60.4 Å². The second-order valence-corrected chi connectivity index (χ2v) is 6.82. The van der Waals surface area contributed by atoms with Crippen molar-refractivity contribution in [3.8, 4) is 17.1 Å². The van der Waals surface area contributed by atoms with Crippen LogP contribution in [0.5, 0.6) is 5.75 Å². The zero-order valence-corrected chi connectivity index (χ0v) is 15.7. The molecule has 0 saturated carbocycles. The molecule has 29 heavy (non-hydrogen) atoms. The number of hydrogen-bond donors (Lipinski definition) is 3. The summed E-state index contributed by atoms with van der Waals surface area (Å²) in [4.78, 5) is 4.26. The molecule has 0 bridgehead atoms. The number of rotatable bonds is 5. The van der Waals surface area contributed by atoms with Gasteiger partial charge in [0.2, 0.25) is 0 Å². The van der Waals surface area contributed by atoms with E-state index in [2.05, 4.69) is 15.3 Å². The van der Waals surface area contributed by atoms with Crippen LogP contribution in [0.2, 0.25) is 0 Å². The molecule has 1 aliphatic rings. The van der Waals surface area contributed by atoms with Gasteiger partial charge in [-0.1, -0.05) is 23.4 Å². The third-order valence-electron chi connectivity index (χ3n) is 5.08. The Morgan fingerprint density at radius 3 is 2.52 bits per heavy atom. The van der Waals surface area contributed by atoms with Crippen molar-refractivity contribution in [2.24, 2.45) is 0 Å². The maximum Gasteiger partial charge on any atom is 0.131 e. The molecule has 9 heteroatoms. The molecule has 4 rings (SSSR count). The molecule has 3 N–H and O–H groups in total. The second-order valence-electron chi connectivity index (χ2n) is 6.82. The lowest BCUT2D eigenvalue weighted by Crippen LogP contribution is -2.53. The first kappa shape index (κ1) is 19.5. The Balaban J connectivity index is 1.71. The van der Waals surface area contributed by atoms with Gasteiger partial charge in [-0.25, -0.2) is 4.68 Å². The van der Waals surface area contributed by atoms with Crippen LogP contribution in [0.4, 0.5) is 0 Å². The van der Waals surface area contributed by atoms with E-state index in [0.29, 0.717) is 17.1 Å². The standard InChI is InChI=1S/C20H22N4O5/c1-28-13-7-5-12(6-8-13)20-17(19(27)18(26)16(11-25)29-20)24-10-15(22-23-24)14-4-2-3-9-21-14/h2-10,16-20,25-27H,11H2,1H3/t16-,17-,18+,19-,20+/m1/s1. The largest absolute Gasteiger partial charge is 0.497 e. The molecule has 0 unspecified atom stereocenters. The molecule has 0 radical (unpaired) electrons. The predicted octanol–water partition coefficient (Wildman–Crippen LogP) is 0.744. The van der Waals surface area contributed by atoms with Gasteiger partial charge in [-0.2, -0.15) is 0 Å². The fourth-order valence-corrected chi connectivity index (χ4v) is 3.52. The minimum absolute atomic E-state index is 0.422. The molecule has 1 aromatic carbocycles. The van der Waals surface area contributed by atoms with Gasteiger partial charge >= 0.3 is 0 Å². The van der Waals surface area contributed by atoms with E-state index in [4.69, 9.17) is 9.47 Å². The average molecular weight is 398 g/mol. The van der Waals surface area contributed by atoms with Crippen molar-refractivity contribution in [2.75, 3.05) is 13.7 Å². The van der Waals surface area contributed by atoms with Crippen molar-refractivity contribution in [2.45, 2.75) is 30.5 Å². The molecule has 3 aromatic rings. The van der Waals surface area contributed by atoms with Gasteiger partial charge in [0.05, 0.1) is 25.6 Å². The summed E-state index contributed by atoms with van der Waals surface area (Å²) in [6, 6.07) is 11.9. The highest BCUT2D eigenvalue weighted by Crippen LogP contribution is 2.40. The number of benzene rings is 1. The van der Waals surface area contributed by atoms with Crippen LogP contribution in [-0.4, -0.2) is 67.3 Å². The first-order valence-electron chi connectivity index (χ1n) is 9.22. The maximum absolute atomic E-state index is 10.8. The van der Waals surface area contributed by atoms with Crippen LogP contribution in [0, 0.1) is 0 Å². The van der Waals surface area contributed by atoms with Crippen LogP contribution in [-0.2, 0) is 4.74 Å². The Labute approximate surface area is 167 Å². The first-order chi connectivity index (χ1) is 14.1. The Morgan fingerprint density at radius 1 is 1.07 bits per heavy atom. The van der Waals surface area contributed by atoms with Gasteiger partial charge in [0.1, 0.15) is 41.9 Å². The Morgan fingerprint density at radius 2 is 1.86 bits per heavy atom. The summed E-state index contributed by atoms with van der Waals surface area (Å²) in [5.74, 6) is 0.679. The number of ether oxygens (including phenoxy) is 2. The molecule has 0 aliphatic carbocycles. The summed E-state index contributed by atoms with van der Waals surface area (Å²) < 4.78 is 12.6. The van der Waals surface area contributed by atoms with Crippen LogP contribution in [0.1, 0.15) is 17.7 Å². The fourth-order valence-electron chi connectivity index (χ4n) is 3.52. The summed E-state index contributed by atoms with van der Waals surface area (Å²) in [5.41, 5.74) is 1.92. The van der Waals surface area contributed by atoms with Gasteiger partial charge < -0.3 is 24.8 Å². The maximum atomic E-state index is 10.8. The second kappa shape index (κ2) is 8.26. The van der Waals surface area contributed by atoms with E-state index in [1.165, 1.54) is 4.68 Å². The topological polar surface area (TPSA) is 123 Å². The van der Waals surface area contributed by atoms with E-state index in [-0.39, 0.29) is 0 Å². The highest BCUT2D eigenvalue weighted by molar-refractivity contribution is 5.51. The Kier molecular flexibility index (Phi) is 5.54. The van der Waals surface area contributed by atoms with Crippen LogP contribution >= 0.6 is 0 Å². The van der Waals surface area contributed by atoms with Crippen molar-refractivity contribution in [1.29, 1.82) is 0 Å². The zero-order valence-electron chi connectivity index (χ0n) is 15.7. The minimum atomic E-state index is -1.28. The minimum Gasteiger partial charge on any atom is -0.497 e. The highest BCUT2D eigenvalue weighted by Gasteiger charge is 2.46. The fraction of sp³-hybridized carbons (Fsp3) is 0.350. The van der Waals surface area contributed by atoms with Crippen molar-refractivity contribution in [1.82, 2.24) is 20.0 Å². The molecule has 152 valence electrons. The third kappa shape index (κ3) is 3.73. The number of aromatic nitrogens is 4. The normalized spacial score (nSPS) is 27.0. The number of aliphatic hydroxyl groups is 3. The predicted molar refractivity (Wildman–Crippen MR) is 102 cm³/mol. The van der Waals surface area contributed by atoms with Gasteiger partial charge in [0.15, 0.2) is 0 Å². The van der Waals surface area contributed by atoms with Crippen LogP contribution in [0.25, 0.3) is 11.4 Å². The number of aliphatic hydroxyl groups excluding tert-OH is 3. The molecule has 5 atom stereocenters. The third-order valence-corrected chi connectivity index (χ3v) is 5.08. The summed E-state index contributed by atoms with van der Waals surface area (Å²) in [5, 5.41) is 39.1. The molecule has 2 aromatic heterocycles. The van der Waals surface area contributed by atoms with E-state index in [1.807, 2.05) is 18.2 Å². The molecule has 1 fully saturated rings. The van der Waals surface area contributed by atoms with E-state index < -0.39 is 37.1 Å². The van der Waals surface area contributed by atoms with Crippen LogP contribution < -0.4 is 4.74 Å². The molecular formula is C20H22N4O5. The molecule has 3 heterocycles. The van der Waals surface area contributed by atoms with E-state index in [0.717, 1.165) is 5.56 Å². The molecular weight excluding hydrogens is 376 g/mol. The van der Waals surface area contributed by atoms with Gasteiger partial charge in [-0.15, -0.1) is 5.10 Å². The van der Waals surface area contributed by atoms with E-state index in [9.17, 15) is 15.3 Å².